The summed E-state index contributed by atoms with van der Waals surface area (Å²) in [6.07, 6.45) is 0.833. The highest BCUT2D eigenvalue weighted by Crippen LogP contribution is 2.44. The number of fused-ring (bicyclic) bond motifs is 1. The predicted octanol–water partition coefficient (Wildman–Crippen LogP) is 5.33. The Morgan fingerprint density at radius 3 is 2.33 bits per heavy atom. The summed E-state index contributed by atoms with van der Waals surface area (Å²) in [5.74, 6) is 0.165. The van der Waals surface area contributed by atoms with Gasteiger partial charge in [-0.1, -0.05) is 44.2 Å². The maximum Gasteiger partial charge on any atom is 0.251 e. The van der Waals surface area contributed by atoms with Gasteiger partial charge in [-0.25, -0.2) is 13.1 Å². The van der Waals surface area contributed by atoms with Crippen LogP contribution in [0.5, 0.6) is 5.75 Å². The van der Waals surface area contributed by atoms with E-state index in [0.29, 0.717) is 30.0 Å². The Balaban J connectivity index is 1.54. The lowest BCUT2D eigenvalue weighted by atomic mass is 9.80. The summed E-state index contributed by atoms with van der Waals surface area (Å²) in [7, 11) is -3.81. The van der Waals surface area contributed by atoms with E-state index >= 15 is 0 Å². The fraction of sp³-hybridized carbons (Fsp3) is 0.387. The van der Waals surface area contributed by atoms with Crippen molar-refractivity contribution in [3.05, 3.63) is 89.5 Å². The largest absolute Gasteiger partial charge is 0.487 e. The van der Waals surface area contributed by atoms with E-state index < -0.39 is 21.7 Å². The molecule has 0 aromatic heterocycles. The Hall–Kier alpha value is -3.36. The number of ether oxygens (including phenoxy) is 1. The first-order valence-electron chi connectivity index (χ1n) is 13.6. The number of para-hydroxylation sites is 1. The molecule has 0 unspecified atom stereocenters. The molecule has 2 N–H and O–H groups in total. The second-order valence-electron chi connectivity index (χ2n) is 10.5. The number of carbonyl (C=O) groups excluding carboxylic acids is 1. The fourth-order valence-corrected chi connectivity index (χ4v) is 6.19. The van der Waals surface area contributed by atoms with Crippen molar-refractivity contribution in [3.8, 4) is 5.75 Å². The molecule has 0 radical (unpaired) electrons. The van der Waals surface area contributed by atoms with Crippen LogP contribution < -0.4 is 19.7 Å². The van der Waals surface area contributed by atoms with Crippen LogP contribution in [-0.4, -0.2) is 39.6 Å². The molecule has 0 spiro atoms. The number of anilines is 1. The Kier molecular flexibility index (Phi) is 8.67. The van der Waals surface area contributed by atoms with E-state index in [4.69, 9.17) is 4.74 Å². The van der Waals surface area contributed by atoms with Gasteiger partial charge in [-0.3, -0.25) is 4.79 Å². The molecule has 0 aliphatic carbocycles. The molecule has 1 aliphatic heterocycles. The lowest BCUT2D eigenvalue weighted by Gasteiger charge is -2.43. The van der Waals surface area contributed by atoms with Crippen LogP contribution in [0.3, 0.4) is 0 Å². The number of amides is 1. The van der Waals surface area contributed by atoms with E-state index in [1.54, 1.807) is 30.3 Å². The summed E-state index contributed by atoms with van der Waals surface area (Å²) >= 11 is 0. The van der Waals surface area contributed by atoms with Crippen molar-refractivity contribution in [3.63, 3.8) is 0 Å². The molecule has 208 valence electrons. The molecular weight excluding hydrogens is 510 g/mol. The minimum atomic E-state index is -3.81. The minimum Gasteiger partial charge on any atom is -0.487 e. The number of hydrogen-bond donors (Lipinski definition) is 2. The van der Waals surface area contributed by atoms with Gasteiger partial charge in [0, 0.05) is 42.4 Å². The number of sulfonamides is 1. The van der Waals surface area contributed by atoms with Gasteiger partial charge < -0.3 is 15.0 Å². The number of likely N-dealkylation sites (N-methyl/N-ethyl adjacent to an activating group) is 1. The van der Waals surface area contributed by atoms with Crippen molar-refractivity contribution in [1.29, 1.82) is 0 Å². The standard InChI is InChI=1S/C31H39N3O4S/c1-6-23-13-16-26(17-14-23)39(36,37)33-29-22(3)31(4,5)38-28-18-15-24(21-27(28)29)30(35)32-19-20-34(7-2)25-11-9-8-10-12-25/h8-18,21-22,29,33H,6-7,19-20H2,1-5H3,(H,32,35)/t22-,29+/m1/s1. The molecule has 0 bridgehead atoms. The number of nitrogens with zero attached hydrogens (tertiary/aromatic N) is 1. The average molecular weight is 550 g/mol. The highest BCUT2D eigenvalue weighted by atomic mass is 32.2. The molecule has 4 rings (SSSR count). The van der Waals surface area contributed by atoms with Crippen LogP contribution in [0.4, 0.5) is 5.69 Å². The molecule has 2 atom stereocenters. The van der Waals surface area contributed by atoms with Crippen molar-refractivity contribution in [2.24, 2.45) is 5.92 Å². The molecule has 7 nitrogen and oxygen atoms in total. The molecule has 1 aliphatic rings. The number of hydrogen-bond acceptors (Lipinski definition) is 5. The summed E-state index contributed by atoms with van der Waals surface area (Å²) < 4.78 is 36.0. The Morgan fingerprint density at radius 2 is 1.69 bits per heavy atom. The first kappa shape index (κ1) is 28.6. The van der Waals surface area contributed by atoms with Crippen LogP contribution in [0.2, 0.25) is 0 Å². The second-order valence-corrected chi connectivity index (χ2v) is 12.2. The number of benzene rings is 3. The van der Waals surface area contributed by atoms with Gasteiger partial charge in [-0.15, -0.1) is 0 Å². The van der Waals surface area contributed by atoms with Crippen molar-refractivity contribution >= 4 is 21.6 Å². The molecule has 0 saturated carbocycles. The fourth-order valence-electron chi connectivity index (χ4n) is 4.89. The zero-order valence-electron chi connectivity index (χ0n) is 23.4. The van der Waals surface area contributed by atoms with Gasteiger partial charge in [0.2, 0.25) is 10.0 Å². The first-order chi connectivity index (χ1) is 18.6. The quantitative estimate of drug-likeness (QED) is 0.357. The van der Waals surface area contributed by atoms with Crippen LogP contribution >= 0.6 is 0 Å². The van der Waals surface area contributed by atoms with E-state index in [2.05, 4.69) is 34.0 Å². The topological polar surface area (TPSA) is 87.7 Å². The van der Waals surface area contributed by atoms with E-state index in [-0.39, 0.29) is 16.7 Å². The van der Waals surface area contributed by atoms with Crippen molar-refractivity contribution in [1.82, 2.24) is 10.0 Å². The summed E-state index contributed by atoms with van der Waals surface area (Å²) in [5, 5.41) is 3.01. The Bertz CT molecular complexity index is 1390. The SMILES string of the molecule is CCc1ccc(S(=O)(=O)N[C@@H]2c3cc(C(=O)NCCN(CC)c4ccccc4)ccc3OC(C)(C)[C@@H]2C)cc1. The maximum absolute atomic E-state index is 13.4. The molecule has 0 fully saturated rings. The first-order valence-corrected chi connectivity index (χ1v) is 15.1. The van der Waals surface area contributed by atoms with Gasteiger partial charge in [0.15, 0.2) is 0 Å². The van der Waals surface area contributed by atoms with Gasteiger partial charge in [-0.2, -0.15) is 0 Å². The zero-order chi connectivity index (χ0) is 28.2. The van der Waals surface area contributed by atoms with Gasteiger partial charge in [0.25, 0.3) is 5.91 Å². The molecule has 0 saturated heterocycles. The highest BCUT2D eigenvalue weighted by molar-refractivity contribution is 7.89. The van der Waals surface area contributed by atoms with E-state index in [1.165, 1.54) is 0 Å². The molecule has 39 heavy (non-hydrogen) atoms. The third-order valence-corrected chi connectivity index (χ3v) is 9.13. The number of rotatable bonds is 10. The normalized spacial score (nSPS) is 18.1. The number of nitrogens with one attached hydrogen (secondary N) is 2. The molecule has 3 aromatic rings. The molecule has 1 heterocycles. The van der Waals surface area contributed by atoms with Crippen LogP contribution in [-0.2, 0) is 16.4 Å². The molecule has 3 aromatic carbocycles. The lowest BCUT2D eigenvalue weighted by molar-refractivity contribution is 0.0167. The molecule has 8 heteroatoms. The highest BCUT2D eigenvalue weighted by Gasteiger charge is 2.43. The Labute approximate surface area is 232 Å². The monoisotopic (exact) mass is 549 g/mol. The average Bonchev–Trinajstić information content (AvgIpc) is 2.93. The van der Waals surface area contributed by atoms with E-state index in [0.717, 1.165) is 24.2 Å². The zero-order valence-corrected chi connectivity index (χ0v) is 24.2. The summed E-state index contributed by atoms with van der Waals surface area (Å²) in [6, 6.07) is 21.7. The molecular formula is C31H39N3O4S. The van der Waals surface area contributed by atoms with Gasteiger partial charge in [-0.05, 0) is 75.2 Å². The Morgan fingerprint density at radius 1 is 1.00 bits per heavy atom. The smallest absolute Gasteiger partial charge is 0.251 e. The van der Waals surface area contributed by atoms with Gasteiger partial charge >= 0.3 is 0 Å². The predicted molar refractivity (Wildman–Crippen MR) is 156 cm³/mol. The van der Waals surface area contributed by atoms with Crippen molar-refractivity contribution in [2.75, 3.05) is 24.5 Å². The summed E-state index contributed by atoms with van der Waals surface area (Å²) in [4.78, 5) is 15.5. The van der Waals surface area contributed by atoms with Crippen LogP contribution in [0.15, 0.2) is 77.7 Å². The number of carbonyl (C=O) groups is 1. The summed E-state index contributed by atoms with van der Waals surface area (Å²) in [5.41, 5.74) is 2.68. The molecule has 1 amide bonds. The maximum atomic E-state index is 13.4. The van der Waals surface area contributed by atoms with Crippen LogP contribution in [0.25, 0.3) is 0 Å². The van der Waals surface area contributed by atoms with Crippen LogP contribution in [0.1, 0.15) is 62.1 Å². The third-order valence-electron chi connectivity index (χ3n) is 7.67. The summed E-state index contributed by atoms with van der Waals surface area (Å²) in [6.45, 7) is 11.9. The number of aryl methyl sites for hydroxylation is 1. The van der Waals surface area contributed by atoms with Crippen molar-refractivity contribution in [2.45, 2.75) is 57.6 Å². The van der Waals surface area contributed by atoms with Gasteiger partial charge in [0.1, 0.15) is 11.4 Å². The lowest BCUT2D eigenvalue weighted by Crippen LogP contribution is -2.48. The van der Waals surface area contributed by atoms with Crippen LogP contribution in [0, 0.1) is 5.92 Å². The van der Waals surface area contributed by atoms with E-state index in [9.17, 15) is 13.2 Å². The third kappa shape index (κ3) is 6.45. The second kappa shape index (κ2) is 11.8. The van der Waals surface area contributed by atoms with E-state index in [1.807, 2.05) is 58.0 Å². The van der Waals surface area contributed by atoms with Gasteiger partial charge in [0.05, 0.1) is 10.9 Å². The van der Waals surface area contributed by atoms with Crippen molar-refractivity contribution < 1.29 is 17.9 Å². The minimum absolute atomic E-state index is 0.197.